The zero-order valence-electron chi connectivity index (χ0n) is 16.6. The molecule has 5 rings (SSSR count). The molecule has 0 unspecified atom stereocenters. The molecule has 0 bridgehead atoms. The third-order valence-electron chi connectivity index (χ3n) is 5.22. The number of hydrogen-bond donors (Lipinski definition) is 0. The summed E-state index contributed by atoms with van der Waals surface area (Å²) in [5.41, 5.74) is 2.55. The molecule has 0 aliphatic carbocycles. The third kappa shape index (κ3) is 3.85. The second kappa shape index (κ2) is 7.94. The van der Waals surface area contributed by atoms with Crippen molar-refractivity contribution in [1.29, 1.82) is 0 Å². The van der Waals surface area contributed by atoms with E-state index in [9.17, 15) is 9.59 Å². The molecular weight excluding hydrogens is 394 g/mol. The first-order chi connectivity index (χ1) is 15.2. The number of likely N-dealkylation sites (tertiary alicyclic amines) is 1. The van der Waals surface area contributed by atoms with Gasteiger partial charge in [-0.25, -0.2) is 4.68 Å². The SMILES string of the molecule is O=C(c1cnn(-c2ccccc2)n1)N1CC(Cn2nc(-c3ccncc3)ccc2=O)C1. The van der Waals surface area contributed by atoms with Crippen LogP contribution in [0, 0.1) is 5.92 Å². The number of rotatable bonds is 5. The summed E-state index contributed by atoms with van der Waals surface area (Å²) in [6.07, 6.45) is 4.86. The summed E-state index contributed by atoms with van der Waals surface area (Å²) in [5.74, 6) is -0.00437. The van der Waals surface area contributed by atoms with Gasteiger partial charge < -0.3 is 4.90 Å². The first-order valence-corrected chi connectivity index (χ1v) is 9.93. The number of benzene rings is 1. The van der Waals surface area contributed by atoms with Crippen LogP contribution in [0.15, 0.2) is 78.0 Å². The van der Waals surface area contributed by atoms with E-state index in [4.69, 9.17) is 0 Å². The first kappa shape index (κ1) is 18.9. The molecule has 9 heteroatoms. The van der Waals surface area contributed by atoms with E-state index in [1.807, 2.05) is 42.5 Å². The Labute approximate surface area is 177 Å². The van der Waals surface area contributed by atoms with Crippen molar-refractivity contribution in [3.8, 4) is 16.9 Å². The van der Waals surface area contributed by atoms with Gasteiger partial charge in [0.15, 0.2) is 5.69 Å². The predicted octanol–water partition coefficient (Wildman–Crippen LogP) is 1.66. The number of amides is 1. The summed E-state index contributed by atoms with van der Waals surface area (Å²) < 4.78 is 1.47. The Hall–Kier alpha value is -4.14. The monoisotopic (exact) mass is 413 g/mol. The molecule has 1 fully saturated rings. The van der Waals surface area contributed by atoms with Crippen LogP contribution in [0.1, 0.15) is 10.5 Å². The lowest BCUT2D eigenvalue weighted by Gasteiger charge is -2.38. The summed E-state index contributed by atoms with van der Waals surface area (Å²) in [6, 6.07) is 16.4. The summed E-state index contributed by atoms with van der Waals surface area (Å²) in [5, 5.41) is 13.0. The van der Waals surface area contributed by atoms with Crippen LogP contribution < -0.4 is 5.56 Å². The van der Waals surface area contributed by atoms with Crippen molar-refractivity contribution in [2.45, 2.75) is 6.54 Å². The van der Waals surface area contributed by atoms with E-state index in [1.54, 1.807) is 23.4 Å². The minimum atomic E-state index is -0.163. The van der Waals surface area contributed by atoms with Gasteiger partial charge in [0.25, 0.3) is 11.5 Å². The quantitative estimate of drug-likeness (QED) is 0.493. The van der Waals surface area contributed by atoms with Gasteiger partial charge in [-0.05, 0) is 30.3 Å². The number of aromatic nitrogens is 6. The molecule has 4 heterocycles. The topological polar surface area (TPSA) is 98.8 Å². The maximum atomic E-state index is 12.7. The Morgan fingerprint density at radius 2 is 1.74 bits per heavy atom. The number of nitrogens with zero attached hydrogens (tertiary/aromatic N) is 7. The van der Waals surface area contributed by atoms with Crippen LogP contribution in [0.5, 0.6) is 0 Å². The zero-order chi connectivity index (χ0) is 21.2. The van der Waals surface area contributed by atoms with Gasteiger partial charge in [0, 0.05) is 43.0 Å². The van der Waals surface area contributed by atoms with Gasteiger partial charge in [0.05, 0.1) is 24.1 Å². The van der Waals surface area contributed by atoms with Crippen molar-refractivity contribution in [3.63, 3.8) is 0 Å². The molecule has 0 radical (unpaired) electrons. The summed E-state index contributed by atoms with van der Waals surface area (Å²) in [4.78, 5) is 32.1. The van der Waals surface area contributed by atoms with Gasteiger partial charge in [0.2, 0.25) is 0 Å². The maximum Gasteiger partial charge on any atom is 0.276 e. The molecule has 0 saturated carbocycles. The first-order valence-electron chi connectivity index (χ1n) is 9.93. The molecule has 31 heavy (non-hydrogen) atoms. The Bertz CT molecular complexity index is 1260. The van der Waals surface area contributed by atoms with Gasteiger partial charge in [-0.15, -0.1) is 5.10 Å². The highest BCUT2D eigenvalue weighted by atomic mass is 16.2. The number of pyridine rings is 1. The molecule has 1 aliphatic rings. The molecule has 1 aliphatic heterocycles. The zero-order valence-corrected chi connectivity index (χ0v) is 16.6. The molecule has 3 aromatic heterocycles. The summed E-state index contributed by atoms with van der Waals surface area (Å²) in [7, 11) is 0. The highest BCUT2D eigenvalue weighted by molar-refractivity contribution is 5.92. The van der Waals surface area contributed by atoms with Crippen LogP contribution in [-0.2, 0) is 6.54 Å². The van der Waals surface area contributed by atoms with E-state index in [0.717, 1.165) is 11.3 Å². The van der Waals surface area contributed by atoms with Crippen LogP contribution in [0.3, 0.4) is 0 Å². The molecule has 4 aromatic rings. The summed E-state index contributed by atoms with van der Waals surface area (Å²) >= 11 is 0. The fourth-order valence-corrected chi connectivity index (χ4v) is 3.56. The normalized spacial score (nSPS) is 13.7. The predicted molar refractivity (Wildman–Crippen MR) is 112 cm³/mol. The maximum absolute atomic E-state index is 12.7. The number of carbonyl (C=O) groups is 1. The van der Waals surface area contributed by atoms with Crippen LogP contribution in [-0.4, -0.2) is 53.7 Å². The molecule has 1 saturated heterocycles. The lowest BCUT2D eigenvalue weighted by molar-refractivity contribution is 0.0452. The molecule has 9 nitrogen and oxygen atoms in total. The Kier molecular flexibility index (Phi) is 4.83. The van der Waals surface area contributed by atoms with E-state index in [2.05, 4.69) is 20.3 Å². The highest BCUT2D eigenvalue weighted by Crippen LogP contribution is 2.20. The van der Waals surface area contributed by atoms with Gasteiger partial charge in [-0.2, -0.15) is 15.0 Å². The van der Waals surface area contributed by atoms with Crippen molar-refractivity contribution in [2.75, 3.05) is 13.1 Å². The fourth-order valence-electron chi connectivity index (χ4n) is 3.56. The molecule has 154 valence electrons. The molecule has 1 amide bonds. The molecule has 0 atom stereocenters. The van der Waals surface area contributed by atoms with Crippen LogP contribution in [0.4, 0.5) is 0 Å². The fraction of sp³-hybridized carbons (Fsp3) is 0.182. The smallest absolute Gasteiger partial charge is 0.276 e. The molecule has 0 N–H and O–H groups in total. The Morgan fingerprint density at radius 1 is 0.968 bits per heavy atom. The average Bonchev–Trinajstić information content (AvgIpc) is 3.28. The lowest BCUT2D eigenvalue weighted by atomic mass is 10.00. The van der Waals surface area contributed by atoms with Crippen molar-refractivity contribution in [2.24, 2.45) is 5.92 Å². The van der Waals surface area contributed by atoms with E-state index < -0.39 is 0 Å². The van der Waals surface area contributed by atoms with Crippen molar-refractivity contribution < 1.29 is 4.79 Å². The van der Waals surface area contributed by atoms with E-state index in [-0.39, 0.29) is 17.4 Å². The standard InChI is InChI=1S/C22H19N7O2/c30-21-7-6-19(17-8-10-23-11-9-17)25-28(21)15-16-13-27(14-16)22(31)20-12-24-29(26-20)18-4-2-1-3-5-18/h1-12,16H,13-15H2. The molecular formula is C22H19N7O2. The summed E-state index contributed by atoms with van der Waals surface area (Å²) in [6.45, 7) is 1.55. The van der Waals surface area contributed by atoms with Crippen LogP contribution >= 0.6 is 0 Å². The van der Waals surface area contributed by atoms with Gasteiger partial charge in [-0.1, -0.05) is 18.2 Å². The Balaban J connectivity index is 1.23. The third-order valence-corrected chi connectivity index (χ3v) is 5.22. The second-order valence-corrected chi connectivity index (χ2v) is 7.41. The van der Waals surface area contributed by atoms with E-state index in [1.165, 1.54) is 21.7 Å². The van der Waals surface area contributed by atoms with Crippen molar-refractivity contribution >= 4 is 5.91 Å². The van der Waals surface area contributed by atoms with Gasteiger partial charge in [-0.3, -0.25) is 14.6 Å². The van der Waals surface area contributed by atoms with E-state index >= 15 is 0 Å². The second-order valence-electron chi connectivity index (χ2n) is 7.41. The van der Waals surface area contributed by atoms with Crippen LogP contribution in [0.2, 0.25) is 0 Å². The average molecular weight is 413 g/mol. The Morgan fingerprint density at radius 3 is 2.52 bits per heavy atom. The highest BCUT2D eigenvalue weighted by Gasteiger charge is 2.33. The number of hydrogen-bond acceptors (Lipinski definition) is 6. The number of carbonyl (C=O) groups excluding carboxylic acids is 1. The van der Waals surface area contributed by atoms with E-state index in [0.29, 0.717) is 31.0 Å². The largest absolute Gasteiger partial charge is 0.336 e. The minimum absolute atomic E-state index is 0.158. The molecule has 0 spiro atoms. The lowest BCUT2D eigenvalue weighted by Crippen LogP contribution is -2.52. The molecule has 1 aromatic carbocycles. The number of para-hydroxylation sites is 1. The van der Waals surface area contributed by atoms with Gasteiger partial charge >= 0.3 is 0 Å². The minimum Gasteiger partial charge on any atom is -0.336 e. The van der Waals surface area contributed by atoms with Crippen LogP contribution in [0.25, 0.3) is 16.9 Å². The van der Waals surface area contributed by atoms with Crippen molar-refractivity contribution in [1.82, 2.24) is 34.7 Å². The van der Waals surface area contributed by atoms with Crippen molar-refractivity contribution in [3.05, 3.63) is 89.2 Å². The van der Waals surface area contributed by atoms with Gasteiger partial charge in [0.1, 0.15) is 0 Å².